The van der Waals surface area contributed by atoms with Gasteiger partial charge in [0.1, 0.15) is 5.75 Å². The second kappa shape index (κ2) is 8.01. The first-order valence-corrected chi connectivity index (χ1v) is 9.45. The molecule has 1 aromatic rings. The van der Waals surface area contributed by atoms with E-state index in [1.807, 2.05) is 38.1 Å². The molecular formula is C15H23ClO4S. The summed E-state index contributed by atoms with van der Waals surface area (Å²) >= 11 is 0. The molecule has 6 heteroatoms. The maximum absolute atomic E-state index is 11.4. The van der Waals surface area contributed by atoms with Crippen LogP contribution in [0.15, 0.2) is 24.3 Å². The second-order valence-electron chi connectivity index (χ2n) is 5.23. The van der Waals surface area contributed by atoms with E-state index in [1.54, 1.807) is 7.11 Å². The summed E-state index contributed by atoms with van der Waals surface area (Å²) in [4.78, 5) is 0. The molecule has 4 nitrogen and oxygen atoms in total. The summed E-state index contributed by atoms with van der Waals surface area (Å²) in [6, 6.07) is 7.61. The molecule has 0 fully saturated rings. The molecule has 0 atom stereocenters. The third-order valence-electron chi connectivity index (χ3n) is 3.79. The van der Waals surface area contributed by atoms with Crippen LogP contribution in [0.3, 0.4) is 0 Å². The molecule has 0 amide bonds. The standard InChI is InChI=1S/C15H23ClO4S/c1-4-15(5-2,12-21(16,17)18)11-20-10-13-7-6-8-14(9-13)19-3/h6-9H,4-5,10-12H2,1-3H3. The van der Waals surface area contributed by atoms with E-state index in [0.29, 0.717) is 26.1 Å². The van der Waals surface area contributed by atoms with Crippen LogP contribution in [-0.2, 0) is 20.4 Å². The van der Waals surface area contributed by atoms with E-state index in [2.05, 4.69) is 0 Å². The fourth-order valence-corrected chi connectivity index (χ4v) is 4.13. The molecule has 1 aromatic carbocycles. The Bertz CT molecular complexity index is 538. The number of ether oxygens (including phenoxy) is 2. The smallest absolute Gasteiger partial charge is 0.233 e. The van der Waals surface area contributed by atoms with Gasteiger partial charge in [-0.1, -0.05) is 26.0 Å². The van der Waals surface area contributed by atoms with Crippen LogP contribution < -0.4 is 4.74 Å². The highest BCUT2D eigenvalue weighted by Gasteiger charge is 2.31. The van der Waals surface area contributed by atoms with Gasteiger partial charge >= 0.3 is 0 Å². The van der Waals surface area contributed by atoms with Gasteiger partial charge in [-0.2, -0.15) is 0 Å². The number of halogens is 1. The molecular weight excluding hydrogens is 312 g/mol. The summed E-state index contributed by atoms with van der Waals surface area (Å²) in [7, 11) is 3.49. The molecule has 0 unspecified atom stereocenters. The molecule has 1 rings (SSSR count). The van der Waals surface area contributed by atoms with E-state index in [1.165, 1.54) is 0 Å². The first kappa shape index (κ1) is 18.3. The summed E-state index contributed by atoms with van der Waals surface area (Å²) in [5.74, 6) is 0.712. The van der Waals surface area contributed by atoms with Crippen molar-refractivity contribution >= 4 is 19.7 Å². The lowest BCUT2D eigenvalue weighted by atomic mass is 9.85. The van der Waals surface area contributed by atoms with Crippen molar-refractivity contribution in [1.82, 2.24) is 0 Å². The zero-order valence-corrected chi connectivity index (χ0v) is 14.3. The number of hydrogen-bond acceptors (Lipinski definition) is 4. The first-order chi connectivity index (χ1) is 9.84. The summed E-state index contributed by atoms with van der Waals surface area (Å²) in [5.41, 5.74) is 0.559. The number of methoxy groups -OCH3 is 1. The minimum Gasteiger partial charge on any atom is -0.497 e. The summed E-state index contributed by atoms with van der Waals surface area (Å²) < 4.78 is 33.6. The number of hydrogen-bond donors (Lipinski definition) is 0. The lowest BCUT2D eigenvalue weighted by Crippen LogP contribution is -2.32. The minimum absolute atomic E-state index is 0.0628. The lowest BCUT2D eigenvalue weighted by molar-refractivity contribution is 0.0399. The monoisotopic (exact) mass is 334 g/mol. The summed E-state index contributed by atoms with van der Waals surface area (Å²) in [6.45, 7) is 4.70. The third kappa shape index (κ3) is 6.24. The molecule has 0 heterocycles. The lowest BCUT2D eigenvalue weighted by Gasteiger charge is -2.30. The Kier molecular flexibility index (Phi) is 6.97. The molecule has 0 spiro atoms. The van der Waals surface area contributed by atoms with Crippen LogP contribution in [0.5, 0.6) is 5.75 Å². The minimum atomic E-state index is -3.54. The van der Waals surface area contributed by atoms with Crippen molar-refractivity contribution in [3.8, 4) is 5.75 Å². The molecule has 0 aromatic heterocycles. The van der Waals surface area contributed by atoms with Crippen molar-refractivity contribution in [2.45, 2.75) is 33.3 Å². The molecule has 120 valence electrons. The second-order valence-corrected chi connectivity index (χ2v) is 8.01. The van der Waals surface area contributed by atoms with E-state index in [0.717, 1.165) is 11.3 Å². The van der Waals surface area contributed by atoms with E-state index < -0.39 is 14.5 Å². The topological polar surface area (TPSA) is 52.6 Å². The largest absolute Gasteiger partial charge is 0.497 e. The molecule has 0 aliphatic heterocycles. The van der Waals surface area contributed by atoms with Gasteiger partial charge in [0.25, 0.3) is 0 Å². The zero-order chi connectivity index (χ0) is 15.9. The first-order valence-electron chi connectivity index (χ1n) is 6.97. The molecule has 0 saturated heterocycles. The quantitative estimate of drug-likeness (QED) is 0.648. The van der Waals surface area contributed by atoms with Crippen LogP contribution in [0, 0.1) is 5.41 Å². The third-order valence-corrected chi connectivity index (χ3v) is 5.07. The fourth-order valence-electron chi connectivity index (χ4n) is 2.21. The molecule has 21 heavy (non-hydrogen) atoms. The highest BCUT2D eigenvalue weighted by atomic mass is 35.7. The molecule has 0 aliphatic rings. The molecule has 0 aliphatic carbocycles. The number of benzene rings is 1. The van der Waals surface area contributed by atoms with Crippen LogP contribution in [-0.4, -0.2) is 27.9 Å². The van der Waals surface area contributed by atoms with Gasteiger partial charge in [0.2, 0.25) is 9.05 Å². The van der Waals surface area contributed by atoms with E-state index in [9.17, 15) is 8.42 Å². The van der Waals surface area contributed by atoms with Crippen molar-refractivity contribution in [2.75, 3.05) is 19.5 Å². The zero-order valence-electron chi connectivity index (χ0n) is 12.8. The summed E-state index contributed by atoms with van der Waals surface area (Å²) in [5, 5.41) is 0. The van der Waals surface area contributed by atoms with Crippen molar-refractivity contribution in [3.63, 3.8) is 0 Å². The summed E-state index contributed by atoms with van der Waals surface area (Å²) in [6.07, 6.45) is 1.40. The van der Waals surface area contributed by atoms with Crippen LogP contribution in [0.2, 0.25) is 0 Å². The van der Waals surface area contributed by atoms with Gasteiger partial charge in [-0.3, -0.25) is 0 Å². The predicted octanol–water partition coefficient (Wildman–Crippen LogP) is 3.59. The molecule has 0 radical (unpaired) electrons. The predicted molar refractivity (Wildman–Crippen MR) is 85.3 cm³/mol. The van der Waals surface area contributed by atoms with Crippen LogP contribution >= 0.6 is 10.7 Å². The van der Waals surface area contributed by atoms with Gasteiger partial charge in [-0.25, -0.2) is 8.42 Å². The Morgan fingerprint density at radius 1 is 1.24 bits per heavy atom. The van der Waals surface area contributed by atoms with Crippen molar-refractivity contribution in [2.24, 2.45) is 5.41 Å². The molecule has 0 N–H and O–H groups in total. The van der Waals surface area contributed by atoms with E-state index in [4.69, 9.17) is 20.2 Å². The number of rotatable bonds is 9. The normalized spacial score (nSPS) is 12.4. The van der Waals surface area contributed by atoms with Crippen LogP contribution in [0.4, 0.5) is 0 Å². The van der Waals surface area contributed by atoms with Crippen molar-refractivity contribution < 1.29 is 17.9 Å². The Morgan fingerprint density at radius 3 is 2.43 bits per heavy atom. The Morgan fingerprint density at radius 2 is 1.90 bits per heavy atom. The van der Waals surface area contributed by atoms with Gasteiger partial charge in [-0.05, 0) is 30.5 Å². The maximum atomic E-state index is 11.4. The fraction of sp³-hybridized carbons (Fsp3) is 0.600. The molecule has 0 saturated carbocycles. The van der Waals surface area contributed by atoms with Gasteiger partial charge in [0.15, 0.2) is 0 Å². The van der Waals surface area contributed by atoms with Crippen LogP contribution in [0.25, 0.3) is 0 Å². The SMILES string of the molecule is CCC(CC)(COCc1cccc(OC)c1)CS(=O)(=O)Cl. The van der Waals surface area contributed by atoms with Gasteiger partial charge in [-0.15, -0.1) is 0 Å². The van der Waals surface area contributed by atoms with Crippen molar-refractivity contribution in [1.29, 1.82) is 0 Å². The van der Waals surface area contributed by atoms with E-state index >= 15 is 0 Å². The highest BCUT2D eigenvalue weighted by molar-refractivity contribution is 8.13. The average Bonchev–Trinajstić information content (AvgIpc) is 2.45. The average molecular weight is 335 g/mol. The van der Waals surface area contributed by atoms with Gasteiger partial charge in [0, 0.05) is 16.1 Å². The van der Waals surface area contributed by atoms with E-state index in [-0.39, 0.29) is 5.75 Å². The van der Waals surface area contributed by atoms with Crippen LogP contribution in [0.1, 0.15) is 32.3 Å². The molecule has 0 bridgehead atoms. The van der Waals surface area contributed by atoms with Gasteiger partial charge < -0.3 is 9.47 Å². The highest BCUT2D eigenvalue weighted by Crippen LogP contribution is 2.30. The Labute approximate surface area is 131 Å². The van der Waals surface area contributed by atoms with Gasteiger partial charge in [0.05, 0.1) is 26.1 Å². The Hall–Kier alpha value is -0.780. The van der Waals surface area contributed by atoms with Crippen molar-refractivity contribution in [3.05, 3.63) is 29.8 Å². The Balaban J connectivity index is 2.65. The maximum Gasteiger partial charge on any atom is 0.233 e.